The fourth-order valence-electron chi connectivity index (χ4n) is 16.6. The van der Waals surface area contributed by atoms with E-state index in [4.69, 9.17) is 24.1 Å². The van der Waals surface area contributed by atoms with Gasteiger partial charge in [0.15, 0.2) is 5.82 Å². The van der Waals surface area contributed by atoms with Gasteiger partial charge < -0.3 is 39.0 Å². The molecule has 7 heterocycles. The number of piperazine rings is 2. The number of hydrogen-bond donors (Lipinski definition) is 2. The molecule has 0 radical (unpaired) electrons. The highest BCUT2D eigenvalue weighted by Gasteiger charge is 2.49. The van der Waals surface area contributed by atoms with E-state index < -0.39 is 40.0 Å². The standard InChI is InChI=1S/C71H95F2N11O5Si2/c1-44(2)90(45(3)4,46(5)6)34-22-57-60(72)16-13-51-36-55(89-91(47(7)8,48(9)10)49(11)12)37-58(63(51)57)65-64(73)66-59(38-76-65)67(83-29-26-75-53(41-83)19-25-74)79-70(78-66)88-43-71(23-24-71)42-81-32-30-80(31-33-81)39-50-20-27-82(28-21-50)54-14-15-56-52(35-54)40-84(69(56)87)61-17-18-62(85)77-68(61)86/h13-16,35-38,44-50,53,61,75H,17-21,23-24,26-33,39-43H2,1-12H3,(H,77,85,86)/t53-,61?/m0/s1. The van der Waals surface area contributed by atoms with Crippen LogP contribution in [-0.4, -0.2) is 154 Å². The average Bonchev–Trinajstić information content (AvgIpc) is 1.13. The summed E-state index contributed by atoms with van der Waals surface area (Å²) >= 11 is 0. The largest absolute Gasteiger partial charge is 0.543 e. The van der Waals surface area contributed by atoms with E-state index in [9.17, 15) is 19.6 Å². The van der Waals surface area contributed by atoms with E-state index in [0.717, 1.165) is 89.3 Å². The third-order valence-corrected chi connectivity index (χ3v) is 33.9. The van der Waals surface area contributed by atoms with Crippen LogP contribution in [0.15, 0.2) is 48.7 Å². The van der Waals surface area contributed by atoms with Gasteiger partial charge in [0.1, 0.15) is 42.7 Å². The van der Waals surface area contributed by atoms with E-state index in [0.29, 0.717) is 107 Å². The minimum Gasteiger partial charge on any atom is -0.543 e. The Morgan fingerprint density at radius 1 is 0.780 bits per heavy atom. The van der Waals surface area contributed by atoms with Gasteiger partial charge in [-0.3, -0.25) is 24.7 Å². The van der Waals surface area contributed by atoms with Gasteiger partial charge in [0.05, 0.1) is 30.0 Å². The zero-order valence-corrected chi connectivity index (χ0v) is 57.8. The van der Waals surface area contributed by atoms with Gasteiger partial charge in [-0.1, -0.05) is 95.1 Å². The molecule has 5 aliphatic heterocycles. The van der Waals surface area contributed by atoms with Crippen molar-refractivity contribution in [3.05, 3.63) is 77.0 Å². The molecule has 3 aromatic carbocycles. The van der Waals surface area contributed by atoms with Crippen molar-refractivity contribution in [2.45, 2.75) is 180 Å². The first kappa shape index (κ1) is 65.9. The smallest absolute Gasteiger partial charge is 0.319 e. The molecule has 0 bridgehead atoms. The van der Waals surface area contributed by atoms with Gasteiger partial charge >= 0.3 is 6.01 Å². The molecule has 3 amide bonds. The second-order valence-corrected chi connectivity index (χ2v) is 40.0. The number of aromatic nitrogens is 3. The molecule has 16 nitrogen and oxygen atoms in total. The molecule has 0 spiro atoms. The SMILES string of the molecule is CC(C)[Si](C#Cc1c(F)ccc2cc(O[Si](C(C)C)(C(C)C)C(C)C)cc(-c3ncc4c(N5CCN[C@@H](CC#N)C5)nc(OCC5(CN6CCN(CC7CCN(c8ccc9c(c8)CN(C8CCC(=O)NC8=O)C9=O)CC7)CC6)CC5)nc4c3F)c12)(C(C)C)C(C)C. The third-order valence-electron chi connectivity index (χ3n) is 21.6. The second-order valence-electron chi connectivity index (χ2n) is 29.1. The molecule has 6 aliphatic rings. The normalized spacial score (nSPS) is 20.4. The number of halogens is 2. The molecular weight excluding hydrogens is 1180 g/mol. The Bertz CT molecular complexity index is 3630. The van der Waals surface area contributed by atoms with Gasteiger partial charge in [-0.05, 0) is 119 Å². The summed E-state index contributed by atoms with van der Waals surface area (Å²) in [5.41, 5.74) is 8.70. The quantitative estimate of drug-likeness (QED) is 0.0428. The van der Waals surface area contributed by atoms with E-state index in [2.05, 4.69) is 137 Å². The van der Waals surface area contributed by atoms with E-state index in [-0.39, 0.29) is 69.1 Å². The summed E-state index contributed by atoms with van der Waals surface area (Å²) in [5.74, 6) is 3.16. The van der Waals surface area contributed by atoms with E-state index in [1.54, 1.807) is 17.2 Å². The van der Waals surface area contributed by atoms with Gasteiger partial charge in [0, 0.05) is 125 Å². The van der Waals surface area contributed by atoms with Gasteiger partial charge in [-0.15, -0.1) is 5.54 Å². The number of imide groups is 1. The van der Waals surface area contributed by atoms with Crippen LogP contribution in [0, 0.1) is 45.8 Å². The van der Waals surface area contributed by atoms with Crippen LogP contribution in [0.3, 0.4) is 0 Å². The Morgan fingerprint density at radius 2 is 1.47 bits per heavy atom. The molecule has 1 aliphatic carbocycles. The minimum atomic E-state index is -2.56. The first-order chi connectivity index (χ1) is 43.4. The molecule has 2 atom stereocenters. The maximum Gasteiger partial charge on any atom is 0.319 e. The van der Waals surface area contributed by atoms with Gasteiger partial charge in [-0.25, -0.2) is 8.78 Å². The second kappa shape index (κ2) is 26.8. The van der Waals surface area contributed by atoms with Crippen LogP contribution in [-0.2, 0) is 16.1 Å². The molecule has 1 saturated carbocycles. The number of nitrogens with zero attached hydrogens (tertiary/aromatic N) is 9. The first-order valence-electron chi connectivity index (χ1n) is 33.8. The number of hydrogen-bond acceptors (Lipinski definition) is 14. The van der Waals surface area contributed by atoms with E-state index >= 15 is 8.78 Å². The van der Waals surface area contributed by atoms with Crippen LogP contribution in [0.2, 0.25) is 33.2 Å². The van der Waals surface area contributed by atoms with Crippen molar-refractivity contribution < 1.29 is 32.3 Å². The average molecular weight is 1280 g/mol. The van der Waals surface area contributed by atoms with Crippen LogP contribution < -0.4 is 29.6 Å². The Labute approximate surface area is 539 Å². The number of rotatable bonds is 20. The summed E-state index contributed by atoms with van der Waals surface area (Å²) in [6, 6.07) is 14.8. The molecule has 91 heavy (non-hydrogen) atoms. The number of pyridine rings is 1. The molecule has 20 heteroatoms. The summed E-state index contributed by atoms with van der Waals surface area (Å²) in [5, 5.41) is 17.2. The molecule has 486 valence electrons. The lowest BCUT2D eigenvalue weighted by molar-refractivity contribution is -0.136. The summed E-state index contributed by atoms with van der Waals surface area (Å²) in [4.78, 5) is 64.1. The fourth-order valence-corrected chi connectivity index (χ4v) is 27.0. The van der Waals surface area contributed by atoms with Crippen LogP contribution in [0.5, 0.6) is 11.8 Å². The Morgan fingerprint density at radius 3 is 2.12 bits per heavy atom. The summed E-state index contributed by atoms with van der Waals surface area (Å²) in [6.45, 7) is 37.0. The molecule has 1 unspecified atom stereocenters. The number of carbonyl (C=O) groups is 3. The maximum absolute atomic E-state index is 18.5. The number of amides is 3. The maximum atomic E-state index is 18.5. The minimum absolute atomic E-state index is 0.0153. The van der Waals surface area contributed by atoms with Crippen LogP contribution in [0.1, 0.15) is 150 Å². The Balaban J connectivity index is 0.828. The van der Waals surface area contributed by atoms with Gasteiger partial charge in [0.25, 0.3) is 14.2 Å². The van der Waals surface area contributed by atoms with E-state index in [1.807, 2.05) is 24.3 Å². The van der Waals surface area contributed by atoms with Crippen LogP contribution >= 0.6 is 0 Å². The zero-order valence-electron chi connectivity index (χ0n) is 55.8. The van der Waals surface area contributed by atoms with Crippen molar-refractivity contribution in [1.29, 1.82) is 5.26 Å². The molecule has 2 aromatic heterocycles. The van der Waals surface area contributed by atoms with Crippen molar-refractivity contribution >= 4 is 67.3 Å². The zero-order chi connectivity index (χ0) is 64.8. The number of carbonyl (C=O) groups excluding carboxylic acids is 3. The third kappa shape index (κ3) is 13.1. The molecule has 5 fully saturated rings. The van der Waals surface area contributed by atoms with Crippen LogP contribution in [0.4, 0.5) is 20.3 Å². The predicted octanol–water partition coefficient (Wildman–Crippen LogP) is 12.4. The lowest BCUT2D eigenvalue weighted by atomic mass is 9.95. The van der Waals surface area contributed by atoms with Crippen molar-refractivity contribution in [1.82, 2.24) is 40.3 Å². The monoisotopic (exact) mass is 1280 g/mol. The highest BCUT2D eigenvalue weighted by molar-refractivity contribution is 6.90. The number of nitrogens with one attached hydrogen (secondary N) is 2. The number of fused-ring (bicyclic) bond motifs is 3. The summed E-state index contributed by atoms with van der Waals surface area (Å²) in [7, 11) is -4.92. The Kier molecular flexibility index (Phi) is 19.4. The van der Waals surface area contributed by atoms with Gasteiger partial charge in [0.2, 0.25) is 11.8 Å². The summed E-state index contributed by atoms with van der Waals surface area (Å²) in [6.07, 6.45) is 6.69. The molecular formula is C71H95F2N11O5Si2. The van der Waals surface area contributed by atoms with Crippen molar-refractivity contribution in [3.8, 4) is 40.6 Å². The highest BCUT2D eigenvalue weighted by Crippen LogP contribution is 2.49. The topological polar surface area (TPSA) is 172 Å². The number of piperidine rings is 2. The van der Waals surface area contributed by atoms with Crippen molar-refractivity contribution in [3.63, 3.8) is 0 Å². The van der Waals surface area contributed by atoms with Crippen molar-refractivity contribution in [2.75, 3.05) is 88.4 Å². The van der Waals surface area contributed by atoms with Crippen molar-refractivity contribution in [2.24, 2.45) is 11.3 Å². The molecule has 2 N–H and O–H groups in total. The number of nitriles is 1. The molecule has 11 rings (SSSR count). The number of anilines is 2. The fraction of sp³-hybridized carbons (Fsp3) is 0.592. The number of benzene rings is 3. The highest BCUT2D eigenvalue weighted by atomic mass is 28.4. The number of ether oxygens (including phenoxy) is 1. The first-order valence-corrected chi connectivity index (χ1v) is 38.1. The predicted molar refractivity (Wildman–Crippen MR) is 361 cm³/mol. The molecule has 4 saturated heterocycles. The van der Waals surface area contributed by atoms with Crippen LogP contribution in [0.25, 0.3) is 32.9 Å². The molecule has 5 aromatic rings. The summed E-state index contributed by atoms with van der Waals surface area (Å²) < 4.78 is 49.5. The lowest BCUT2D eigenvalue weighted by Gasteiger charge is -2.42. The lowest BCUT2D eigenvalue weighted by Crippen LogP contribution is -2.52. The Hall–Kier alpha value is -6.56. The van der Waals surface area contributed by atoms with Gasteiger partial charge in [-0.2, -0.15) is 15.2 Å². The van der Waals surface area contributed by atoms with E-state index in [1.165, 1.54) is 6.07 Å².